The number of aliphatic hydroxyl groups is 1. The van der Waals surface area contributed by atoms with Crippen molar-refractivity contribution in [2.75, 3.05) is 5.32 Å². The number of aliphatic hydroxyl groups excluding tert-OH is 1. The van der Waals surface area contributed by atoms with Crippen molar-refractivity contribution in [1.29, 1.82) is 0 Å². The van der Waals surface area contributed by atoms with Crippen molar-refractivity contribution >= 4 is 5.82 Å². The molecule has 0 unspecified atom stereocenters. The van der Waals surface area contributed by atoms with Crippen molar-refractivity contribution in [3.8, 4) is 0 Å². The molecule has 18 heavy (non-hydrogen) atoms. The van der Waals surface area contributed by atoms with Crippen molar-refractivity contribution in [1.82, 2.24) is 9.97 Å². The molecule has 0 aromatic carbocycles. The van der Waals surface area contributed by atoms with Gasteiger partial charge >= 0.3 is 0 Å². The van der Waals surface area contributed by atoms with Gasteiger partial charge in [-0.2, -0.15) is 0 Å². The number of nitrogens with zero attached hydrogens (tertiary/aromatic N) is 2. The molecule has 1 aromatic rings. The van der Waals surface area contributed by atoms with Gasteiger partial charge < -0.3 is 10.4 Å². The van der Waals surface area contributed by atoms with Gasteiger partial charge in [-0.15, -0.1) is 0 Å². The zero-order valence-electron chi connectivity index (χ0n) is 11.3. The summed E-state index contributed by atoms with van der Waals surface area (Å²) in [5.74, 6) is 1.80. The lowest BCUT2D eigenvalue weighted by Crippen LogP contribution is -2.29. The highest BCUT2D eigenvalue weighted by molar-refractivity contribution is 5.44. The summed E-state index contributed by atoms with van der Waals surface area (Å²) >= 11 is 0. The molecule has 1 aromatic heterocycles. The Labute approximate surface area is 109 Å². The number of anilines is 1. The average molecular weight is 249 g/mol. The summed E-state index contributed by atoms with van der Waals surface area (Å²) in [7, 11) is 0. The molecule has 100 valence electrons. The first-order valence-corrected chi connectivity index (χ1v) is 6.96. The molecule has 2 rings (SSSR count). The van der Waals surface area contributed by atoms with Crippen molar-refractivity contribution in [2.45, 2.75) is 64.5 Å². The van der Waals surface area contributed by atoms with Gasteiger partial charge in [-0.1, -0.05) is 13.3 Å². The Bertz CT molecular complexity index is 387. The summed E-state index contributed by atoms with van der Waals surface area (Å²) in [6.07, 6.45) is 7.78. The predicted octanol–water partition coefficient (Wildman–Crippen LogP) is 2.45. The van der Waals surface area contributed by atoms with Gasteiger partial charge in [0.15, 0.2) is 0 Å². The zero-order valence-corrected chi connectivity index (χ0v) is 11.3. The van der Waals surface area contributed by atoms with E-state index in [0.29, 0.717) is 6.04 Å². The number of hydrogen-bond acceptors (Lipinski definition) is 4. The third-order valence-corrected chi connectivity index (χ3v) is 3.54. The van der Waals surface area contributed by atoms with E-state index in [1.165, 1.54) is 5.56 Å². The van der Waals surface area contributed by atoms with Gasteiger partial charge in [0.05, 0.1) is 6.10 Å². The molecule has 1 aliphatic carbocycles. The maximum Gasteiger partial charge on any atom is 0.133 e. The Morgan fingerprint density at radius 1 is 1.33 bits per heavy atom. The Morgan fingerprint density at radius 3 is 2.72 bits per heavy atom. The number of rotatable bonds is 4. The van der Waals surface area contributed by atoms with Gasteiger partial charge in [0.1, 0.15) is 11.6 Å². The van der Waals surface area contributed by atoms with Gasteiger partial charge in [0.2, 0.25) is 0 Å². The van der Waals surface area contributed by atoms with E-state index in [1.807, 2.05) is 13.1 Å². The molecule has 1 saturated carbocycles. The monoisotopic (exact) mass is 249 g/mol. The van der Waals surface area contributed by atoms with E-state index in [4.69, 9.17) is 0 Å². The van der Waals surface area contributed by atoms with Crippen LogP contribution in [0.15, 0.2) is 6.20 Å². The highest BCUT2D eigenvalue weighted by Crippen LogP contribution is 2.23. The van der Waals surface area contributed by atoms with Gasteiger partial charge in [-0.25, -0.2) is 9.97 Å². The standard InChI is InChI=1S/C14H23N3O/c1-3-4-11-9-15-10(2)16-14(11)17-12-5-7-13(18)8-6-12/h9,12-13,18H,3-8H2,1-2H3,(H,15,16,17). The molecule has 0 saturated heterocycles. The van der Waals surface area contributed by atoms with Crippen LogP contribution in [0.3, 0.4) is 0 Å². The minimum absolute atomic E-state index is 0.106. The molecule has 0 bridgehead atoms. The lowest BCUT2D eigenvalue weighted by atomic mass is 9.93. The van der Waals surface area contributed by atoms with E-state index in [9.17, 15) is 5.11 Å². The summed E-state index contributed by atoms with van der Waals surface area (Å²) < 4.78 is 0. The highest BCUT2D eigenvalue weighted by atomic mass is 16.3. The minimum atomic E-state index is -0.106. The smallest absolute Gasteiger partial charge is 0.133 e. The van der Waals surface area contributed by atoms with Gasteiger partial charge in [-0.05, 0) is 39.0 Å². The van der Waals surface area contributed by atoms with Gasteiger partial charge in [0.25, 0.3) is 0 Å². The second-order valence-electron chi connectivity index (χ2n) is 5.19. The molecule has 1 heterocycles. The number of hydrogen-bond donors (Lipinski definition) is 2. The molecule has 0 atom stereocenters. The Morgan fingerprint density at radius 2 is 2.06 bits per heavy atom. The zero-order chi connectivity index (χ0) is 13.0. The molecule has 2 N–H and O–H groups in total. The molecule has 4 heteroatoms. The molecule has 0 aliphatic heterocycles. The van der Waals surface area contributed by atoms with Crippen LogP contribution in [-0.2, 0) is 6.42 Å². The van der Waals surface area contributed by atoms with Crippen molar-refractivity contribution in [2.24, 2.45) is 0 Å². The summed E-state index contributed by atoms with van der Waals surface area (Å²) in [5, 5.41) is 13.1. The Kier molecular flexibility index (Phi) is 4.53. The Balaban J connectivity index is 2.05. The van der Waals surface area contributed by atoms with Crippen molar-refractivity contribution < 1.29 is 5.11 Å². The number of aryl methyl sites for hydroxylation is 2. The SMILES string of the molecule is CCCc1cnc(C)nc1NC1CCC(O)CC1. The van der Waals surface area contributed by atoms with Crippen molar-refractivity contribution in [3.63, 3.8) is 0 Å². The second kappa shape index (κ2) is 6.14. The van der Waals surface area contributed by atoms with Crippen LogP contribution in [0.25, 0.3) is 0 Å². The number of nitrogens with one attached hydrogen (secondary N) is 1. The molecular weight excluding hydrogens is 226 g/mol. The lowest BCUT2D eigenvalue weighted by Gasteiger charge is -2.27. The van der Waals surface area contributed by atoms with Crippen LogP contribution in [0.2, 0.25) is 0 Å². The van der Waals surface area contributed by atoms with Crippen LogP contribution in [0.4, 0.5) is 5.82 Å². The van der Waals surface area contributed by atoms with E-state index >= 15 is 0 Å². The number of aromatic nitrogens is 2. The van der Waals surface area contributed by atoms with Crippen LogP contribution >= 0.6 is 0 Å². The molecule has 1 aliphatic rings. The third kappa shape index (κ3) is 3.42. The molecule has 4 nitrogen and oxygen atoms in total. The normalized spacial score (nSPS) is 23.9. The van der Waals surface area contributed by atoms with Crippen LogP contribution in [0, 0.1) is 6.92 Å². The fraction of sp³-hybridized carbons (Fsp3) is 0.714. The fourth-order valence-corrected chi connectivity index (χ4v) is 2.49. The summed E-state index contributed by atoms with van der Waals surface area (Å²) in [5.41, 5.74) is 1.20. The average Bonchev–Trinajstić information content (AvgIpc) is 2.36. The molecule has 1 fully saturated rings. The highest BCUT2D eigenvalue weighted by Gasteiger charge is 2.20. The predicted molar refractivity (Wildman–Crippen MR) is 72.6 cm³/mol. The quantitative estimate of drug-likeness (QED) is 0.860. The maximum atomic E-state index is 9.52. The summed E-state index contributed by atoms with van der Waals surface area (Å²) in [4.78, 5) is 8.79. The Hall–Kier alpha value is -1.16. The van der Waals surface area contributed by atoms with Gasteiger partial charge in [0, 0.05) is 17.8 Å². The van der Waals surface area contributed by atoms with E-state index in [1.54, 1.807) is 0 Å². The molecular formula is C14H23N3O. The van der Waals surface area contributed by atoms with Crippen LogP contribution < -0.4 is 5.32 Å². The van der Waals surface area contributed by atoms with Crippen LogP contribution in [-0.4, -0.2) is 27.2 Å². The van der Waals surface area contributed by atoms with Gasteiger partial charge in [-0.3, -0.25) is 0 Å². The lowest BCUT2D eigenvalue weighted by molar-refractivity contribution is 0.126. The van der Waals surface area contributed by atoms with E-state index in [2.05, 4.69) is 22.2 Å². The van der Waals surface area contributed by atoms with E-state index in [0.717, 1.165) is 50.2 Å². The minimum Gasteiger partial charge on any atom is -0.393 e. The maximum absolute atomic E-state index is 9.52. The largest absolute Gasteiger partial charge is 0.393 e. The van der Waals surface area contributed by atoms with Crippen molar-refractivity contribution in [3.05, 3.63) is 17.6 Å². The third-order valence-electron chi connectivity index (χ3n) is 3.54. The topological polar surface area (TPSA) is 58.0 Å². The van der Waals surface area contributed by atoms with Crippen LogP contribution in [0.5, 0.6) is 0 Å². The van der Waals surface area contributed by atoms with E-state index in [-0.39, 0.29) is 6.10 Å². The first-order chi connectivity index (χ1) is 8.69. The first kappa shape index (κ1) is 13.3. The van der Waals surface area contributed by atoms with Crippen LogP contribution in [0.1, 0.15) is 50.4 Å². The molecule has 0 spiro atoms. The summed E-state index contributed by atoms with van der Waals surface area (Å²) in [6.45, 7) is 4.09. The second-order valence-corrected chi connectivity index (χ2v) is 5.19. The molecule has 0 radical (unpaired) electrons. The van der Waals surface area contributed by atoms with E-state index < -0.39 is 0 Å². The summed E-state index contributed by atoms with van der Waals surface area (Å²) in [6, 6.07) is 0.443. The molecule has 0 amide bonds. The fourth-order valence-electron chi connectivity index (χ4n) is 2.49. The first-order valence-electron chi connectivity index (χ1n) is 6.96.